The molecule has 3 heteroatoms. The maximum atomic E-state index is 11.6. The number of esters is 1. The number of ether oxygens (including phenoxy) is 1. The van der Waals surface area contributed by atoms with Crippen molar-refractivity contribution in [2.45, 2.75) is 71.3 Å². The van der Waals surface area contributed by atoms with Crippen LogP contribution in [0.1, 0.15) is 69.4 Å². The van der Waals surface area contributed by atoms with Crippen LogP contribution in [-0.2, 0) is 22.5 Å². The van der Waals surface area contributed by atoms with Gasteiger partial charge in [-0.25, -0.2) is 0 Å². The number of unbranched alkanes of at least 4 members (excludes halogenated alkanes) is 6. The molecule has 1 unspecified atom stereocenters. The number of nitrogens with zero attached hydrogens (tertiary/aromatic N) is 1. The van der Waals surface area contributed by atoms with Crippen molar-refractivity contribution in [3.63, 3.8) is 0 Å². The van der Waals surface area contributed by atoms with Crippen molar-refractivity contribution >= 4 is 5.97 Å². The first-order chi connectivity index (χ1) is 12.2. The van der Waals surface area contributed by atoms with Crippen LogP contribution in [0.3, 0.4) is 0 Å². The molecule has 1 fully saturated rings. The van der Waals surface area contributed by atoms with E-state index in [9.17, 15) is 4.79 Å². The van der Waals surface area contributed by atoms with Crippen LogP contribution in [0.15, 0.2) is 24.3 Å². The number of carbonyl (C=O) groups is 1. The van der Waals surface area contributed by atoms with Crippen molar-refractivity contribution in [2.75, 3.05) is 20.2 Å². The Morgan fingerprint density at radius 1 is 1.04 bits per heavy atom. The average Bonchev–Trinajstić information content (AvgIpc) is 3.10. The van der Waals surface area contributed by atoms with E-state index in [1.807, 2.05) is 0 Å². The van der Waals surface area contributed by atoms with Crippen molar-refractivity contribution in [2.24, 2.45) is 5.92 Å². The van der Waals surface area contributed by atoms with Gasteiger partial charge in [-0.15, -0.1) is 0 Å². The number of benzene rings is 1. The molecule has 0 radical (unpaired) electrons. The first kappa shape index (κ1) is 20.0. The summed E-state index contributed by atoms with van der Waals surface area (Å²) in [5.74, 6) is -0.00542. The highest BCUT2D eigenvalue weighted by molar-refractivity contribution is 5.72. The average molecular weight is 346 g/mol. The first-order valence-electron chi connectivity index (χ1n) is 10.1. The van der Waals surface area contributed by atoms with Gasteiger partial charge in [-0.1, -0.05) is 69.7 Å². The van der Waals surface area contributed by atoms with Crippen molar-refractivity contribution in [3.8, 4) is 0 Å². The summed E-state index contributed by atoms with van der Waals surface area (Å²) < 4.78 is 4.86. The fraction of sp³-hybridized carbons (Fsp3) is 0.682. The second kappa shape index (κ2) is 11.3. The third-order valence-electron chi connectivity index (χ3n) is 5.31. The van der Waals surface area contributed by atoms with Crippen molar-refractivity contribution in [1.29, 1.82) is 0 Å². The Morgan fingerprint density at radius 2 is 1.68 bits per heavy atom. The van der Waals surface area contributed by atoms with Gasteiger partial charge in [0.15, 0.2) is 0 Å². The number of likely N-dealkylation sites (tertiary alicyclic amines) is 1. The van der Waals surface area contributed by atoms with Gasteiger partial charge in [-0.2, -0.15) is 0 Å². The molecule has 1 aliphatic rings. The van der Waals surface area contributed by atoms with E-state index in [1.165, 1.54) is 69.6 Å². The van der Waals surface area contributed by atoms with Crippen LogP contribution in [0.5, 0.6) is 0 Å². The van der Waals surface area contributed by atoms with Gasteiger partial charge in [0.2, 0.25) is 0 Å². The number of methoxy groups -OCH3 is 1. The predicted octanol–water partition coefficient (Wildman–Crippen LogP) is 4.97. The normalized spacial score (nSPS) is 17.8. The fourth-order valence-electron chi connectivity index (χ4n) is 3.69. The molecule has 1 heterocycles. The Hall–Kier alpha value is -1.35. The molecule has 25 heavy (non-hydrogen) atoms. The molecule has 0 amide bonds. The molecule has 0 aliphatic carbocycles. The molecule has 1 saturated heterocycles. The second-order valence-corrected chi connectivity index (χ2v) is 7.43. The van der Waals surface area contributed by atoms with E-state index in [2.05, 4.69) is 36.1 Å². The molecule has 2 rings (SSSR count). The zero-order valence-corrected chi connectivity index (χ0v) is 16.1. The Labute approximate surface area is 153 Å². The van der Waals surface area contributed by atoms with Crippen LogP contribution in [0.4, 0.5) is 0 Å². The quantitative estimate of drug-likeness (QED) is 0.419. The lowest BCUT2D eigenvalue weighted by Gasteiger charge is -2.15. The van der Waals surface area contributed by atoms with Crippen LogP contribution in [0.2, 0.25) is 0 Å². The van der Waals surface area contributed by atoms with Gasteiger partial charge in [-0.3, -0.25) is 9.69 Å². The molecule has 1 aromatic rings. The van der Waals surface area contributed by atoms with E-state index in [0.29, 0.717) is 0 Å². The molecule has 0 N–H and O–H groups in total. The third-order valence-corrected chi connectivity index (χ3v) is 5.31. The maximum Gasteiger partial charge on any atom is 0.310 e. The topological polar surface area (TPSA) is 29.5 Å². The maximum absolute atomic E-state index is 11.6. The largest absolute Gasteiger partial charge is 0.469 e. The molecule has 1 atom stereocenters. The zero-order chi connectivity index (χ0) is 17.9. The lowest BCUT2D eigenvalue weighted by Crippen LogP contribution is -2.23. The molecule has 140 valence electrons. The summed E-state index contributed by atoms with van der Waals surface area (Å²) in [7, 11) is 1.48. The molecule has 0 aromatic heterocycles. The van der Waals surface area contributed by atoms with E-state index in [-0.39, 0.29) is 11.9 Å². The highest BCUT2D eigenvalue weighted by Gasteiger charge is 2.28. The van der Waals surface area contributed by atoms with Crippen LogP contribution in [0, 0.1) is 5.92 Å². The van der Waals surface area contributed by atoms with Gasteiger partial charge in [0.05, 0.1) is 13.0 Å². The first-order valence-corrected chi connectivity index (χ1v) is 10.1. The van der Waals surface area contributed by atoms with E-state index >= 15 is 0 Å². The van der Waals surface area contributed by atoms with Crippen LogP contribution in [0.25, 0.3) is 0 Å². The highest BCUT2D eigenvalue weighted by Crippen LogP contribution is 2.20. The number of carbonyl (C=O) groups excluding carboxylic acids is 1. The highest BCUT2D eigenvalue weighted by atomic mass is 16.5. The molecule has 3 nitrogen and oxygen atoms in total. The zero-order valence-electron chi connectivity index (χ0n) is 16.1. The van der Waals surface area contributed by atoms with Crippen LogP contribution >= 0.6 is 0 Å². The molecule has 1 aromatic carbocycles. The fourth-order valence-corrected chi connectivity index (χ4v) is 3.69. The summed E-state index contributed by atoms with van der Waals surface area (Å²) in [6.45, 7) is 5.02. The lowest BCUT2D eigenvalue weighted by atomic mass is 10.0. The third kappa shape index (κ3) is 7.19. The second-order valence-electron chi connectivity index (χ2n) is 7.43. The minimum Gasteiger partial charge on any atom is -0.469 e. The predicted molar refractivity (Wildman–Crippen MR) is 104 cm³/mol. The Morgan fingerprint density at radius 3 is 2.36 bits per heavy atom. The Bertz CT molecular complexity index is 497. The summed E-state index contributed by atoms with van der Waals surface area (Å²) in [5, 5.41) is 0. The standard InChI is InChI=1S/C22H35NO2/c1-3-4-5-6-7-8-9-10-19-11-13-20(14-12-19)17-23-16-15-21(18-23)22(24)25-2/h11-14,21H,3-10,15-18H2,1-2H3. The summed E-state index contributed by atoms with van der Waals surface area (Å²) in [6.07, 6.45) is 11.7. The Balaban J connectivity index is 1.64. The van der Waals surface area contributed by atoms with E-state index in [1.54, 1.807) is 0 Å². The molecular formula is C22H35NO2. The van der Waals surface area contributed by atoms with Crippen molar-refractivity contribution in [3.05, 3.63) is 35.4 Å². The number of aryl methyl sites for hydroxylation is 1. The van der Waals surface area contributed by atoms with E-state index in [4.69, 9.17) is 4.74 Å². The summed E-state index contributed by atoms with van der Waals surface area (Å²) in [5.41, 5.74) is 2.79. The number of rotatable bonds is 11. The number of hydrogen-bond acceptors (Lipinski definition) is 3. The molecule has 1 aliphatic heterocycles. The molecule has 0 saturated carbocycles. The minimum absolute atomic E-state index is 0.0570. The summed E-state index contributed by atoms with van der Waals surface area (Å²) >= 11 is 0. The van der Waals surface area contributed by atoms with Gasteiger partial charge in [0.25, 0.3) is 0 Å². The Kier molecular flexibility index (Phi) is 9.03. The monoisotopic (exact) mass is 345 g/mol. The van der Waals surface area contributed by atoms with Crippen molar-refractivity contribution in [1.82, 2.24) is 4.90 Å². The molecule has 0 spiro atoms. The van der Waals surface area contributed by atoms with Crippen LogP contribution in [-0.4, -0.2) is 31.1 Å². The summed E-state index contributed by atoms with van der Waals surface area (Å²) in [4.78, 5) is 14.0. The van der Waals surface area contributed by atoms with Gasteiger partial charge in [0.1, 0.15) is 0 Å². The van der Waals surface area contributed by atoms with Gasteiger partial charge < -0.3 is 4.74 Å². The molecular weight excluding hydrogens is 310 g/mol. The SMILES string of the molecule is CCCCCCCCCc1ccc(CN2CCC(C(=O)OC)C2)cc1. The van der Waals surface area contributed by atoms with E-state index < -0.39 is 0 Å². The number of hydrogen-bond donors (Lipinski definition) is 0. The van der Waals surface area contributed by atoms with Gasteiger partial charge >= 0.3 is 5.97 Å². The minimum atomic E-state index is -0.0625. The van der Waals surface area contributed by atoms with Gasteiger partial charge in [-0.05, 0) is 36.9 Å². The smallest absolute Gasteiger partial charge is 0.310 e. The van der Waals surface area contributed by atoms with Gasteiger partial charge in [0, 0.05) is 13.1 Å². The van der Waals surface area contributed by atoms with Crippen molar-refractivity contribution < 1.29 is 9.53 Å². The van der Waals surface area contributed by atoms with E-state index in [0.717, 1.165) is 26.1 Å². The molecule has 0 bridgehead atoms. The van der Waals surface area contributed by atoms with Crippen LogP contribution < -0.4 is 0 Å². The lowest BCUT2D eigenvalue weighted by molar-refractivity contribution is -0.144. The summed E-state index contributed by atoms with van der Waals surface area (Å²) in [6, 6.07) is 9.06.